The fourth-order valence-electron chi connectivity index (χ4n) is 5.93. The predicted octanol–water partition coefficient (Wildman–Crippen LogP) is 4.33. The minimum Gasteiger partial charge on any atom is -0.381 e. The third-order valence-electron chi connectivity index (χ3n) is 8.17. The largest absolute Gasteiger partial charge is 0.381 e. The first-order chi connectivity index (χ1) is 18.0. The Balaban J connectivity index is 1.12. The number of urea groups is 1. The molecule has 37 heavy (non-hydrogen) atoms. The molecule has 2 aromatic heterocycles. The Kier molecular flexibility index (Phi) is 6.96. The van der Waals surface area contributed by atoms with Crippen LogP contribution in [-0.4, -0.2) is 88.8 Å². The van der Waals surface area contributed by atoms with Gasteiger partial charge in [-0.1, -0.05) is 23.7 Å². The maximum atomic E-state index is 13.4. The first-order valence-electron chi connectivity index (χ1n) is 13.1. The van der Waals surface area contributed by atoms with Gasteiger partial charge in [0.25, 0.3) is 5.56 Å². The highest BCUT2D eigenvalue weighted by atomic mass is 35.5. The van der Waals surface area contributed by atoms with Gasteiger partial charge in [0.1, 0.15) is 4.70 Å². The molecular formula is C27H32ClN5O3S. The average Bonchev–Trinajstić information content (AvgIpc) is 3.69. The molecule has 8 nitrogen and oxygen atoms in total. The van der Waals surface area contributed by atoms with Gasteiger partial charge in [-0.25, -0.2) is 9.78 Å². The van der Waals surface area contributed by atoms with Gasteiger partial charge in [0.05, 0.1) is 17.9 Å². The number of carbonyl (C=O) groups excluding carboxylic acids is 1. The molecule has 0 saturated carbocycles. The van der Waals surface area contributed by atoms with Gasteiger partial charge in [-0.2, -0.15) is 0 Å². The highest BCUT2D eigenvalue weighted by Gasteiger charge is 2.36. The van der Waals surface area contributed by atoms with Crippen LogP contribution in [0.1, 0.15) is 31.7 Å². The quantitative estimate of drug-likeness (QED) is 0.492. The van der Waals surface area contributed by atoms with Crippen LogP contribution in [-0.2, 0) is 4.74 Å². The molecule has 2 amide bonds. The number of likely N-dealkylation sites (N-methyl/N-ethyl adjacent to an activating group) is 1. The van der Waals surface area contributed by atoms with E-state index in [2.05, 4.69) is 9.88 Å². The number of likely N-dealkylation sites (tertiary alicyclic amines) is 2. The Hall–Kier alpha value is -2.46. The number of nitrogens with zero attached hydrogens (tertiary/aromatic N) is 5. The monoisotopic (exact) mass is 541 g/mol. The summed E-state index contributed by atoms with van der Waals surface area (Å²) in [5, 5.41) is 0.681. The predicted molar refractivity (Wildman–Crippen MR) is 147 cm³/mol. The second-order valence-corrected chi connectivity index (χ2v) is 11.8. The number of aromatic nitrogens is 2. The zero-order valence-electron chi connectivity index (χ0n) is 21.0. The summed E-state index contributed by atoms with van der Waals surface area (Å²) in [5.41, 5.74) is 1.68. The summed E-state index contributed by atoms with van der Waals surface area (Å²) >= 11 is 7.48. The lowest BCUT2D eigenvalue weighted by Crippen LogP contribution is -2.47. The van der Waals surface area contributed by atoms with Crippen molar-refractivity contribution in [2.75, 3.05) is 46.4 Å². The highest BCUT2D eigenvalue weighted by Crippen LogP contribution is 2.32. The van der Waals surface area contributed by atoms with Crippen LogP contribution in [0.15, 0.2) is 41.5 Å². The molecular weight excluding hydrogens is 510 g/mol. The maximum absolute atomic E-state index is 13.4. The minimum absolute atomic E-state index is 0.0363. The summed E-state index contributed by atoms with van der Waals surface area (Å²) in [7, 11) is 1.93. The van der Waals surface area contributed by atoms with Crippen molar-refractivity contribution >= 4 is 39.2 Å². The van der Waals surface area contributed by atoms with Crippen LogP contribution in [0, 0.1) is 0 Å². The molecule has 0 unspecified atom stereocenters. The van der Waals surface area contributed by atoms with Crippen LogP contribution < -0.4 is 5.56 Å². The van der Waals surface area contributed by atoms with E-state index in [-0.39, 0.29) is 23.7 Å². The van der Waals surface area contributed by atoms with Gasteiger partial charge in [-0.15, -0.1) is 11.3 Å². The molecule has 0 aliphatic carbocycles. The van der Waals surface area contributed by atoms with E-state index in [1.54, 1.807) is 10.9 Å². The van der Waals surface area contributed by atoms with Crippen LogP contribution in [0.4, 0.5) is 4.79 Å². The number of carbonyl (C=O) groups is 1. The molecule has 1 aromatic carbocycles. The Morgan fingerprint density at radius 2 is 1.86 bits per heavy atom. The molecule has 10 heteroatoms. The zero-order valence-corrected chi connectivity index (χ0v) is 22.6. The fourth-order valence-corrected chi connectivity index (χ4v) is 7.11. The first-order valence-corrected chi connectivity index (χ1v) is 14.3. The lowest BCUT2D eigenvalue weighted by atomic mass is 10.1. The maximum Gasteiger partial charge on any atom is 0.320 e. The number of rotatable bonds is 4. The van der Waals surface area contributed by atoms with Crippen LogP contribution in [0.2, 0.25) is 5.02 Å². The van der Waals surface area contributed by atoms with Crippen molar-refractivity contribution in [2.24, 2.45) is 0 Å². The molecule has 3 aromatic rings. The number of hydrogen-bond acceptors (Lipinski definition) is 6. The van der Waals surface area contributed by atoms with Gasteiger partial charge in [0.2, 0.25) is 0 Å². The van der Waals surface area contributed by atoms with Crippen molar-refractivity contribution in [3.63, 3.8) is 0 Å². The van der Waals surface area contributed by atoms with Crippen molar-refractivity contribution in [1.29, 1.82) is 0 Å². The summed E-state index contributed by atoms with van der Waals surface area (Å²) in [6.45, 7) is 4.82. The average molecular weight is 542 g/mol. The molecule has 3 aliphatic rings. The van der Waals surface area contributed by atoms with E-state index in [9.17, 15) is 9.59 Å². The number of halogens is 1. The van der Waals surface area contributed by atoms with Crippen LogP contribution in [0.5, 0.6) is 0 Å². The Bertz CT molecular complexity index is 1340. The van der Waals surface area contributed by atoms with Crippen LogP contribution in [0.25, 0.3) is 20.7 Å². The number of hydrogen-bond donors (Lipinski definition) is 0. The van der Waals surface area contributed by atoms with Crippen molar-refractivity contribution in [3.8, 4) is 10.4 Å². The molecule has 3 fully saturated rings. The first kappa shape index (κ1) is 24.9. The molecule has 0 radical (unpaired) electrons. The van der Waals surface area contributed by atoms with E-state index >= 15 is 0 Å². The van der Waals surface area contributed by atoms with E-state index in [0.29, 0.717) is 34.4 Å². The van der Waals surface area contributed by atoms with E-state index in [1.807, 2.05) is 47.2 Å². The number of amides is 2. The van der Waals surface area contributed by atoms with E-state index in [4.69, 9.17) is 16.3 Å². The number of thiophene rings is 1. The molecule has 196 valence electrons. The lowest BCUT2D eigenvalue weighted by molar-refractivity contribution is 0.0402. The third kappa shape index (κ3) is 4.90. The zero-order chi connectivity index (χ0) is 25.5. The summed E-state index contributed by atoms with van der Waals surface area (Å²) < 4.78 is 7.88. The molecule has 6 rings (SSSR count). The molecule has 0 spiro atoms. The van der Waals surface area contributed by atoms with Crippen molar-refractivity contribution in [3.05, 3.63) is 52.0 Å². The number of fused-ring (bicyclic) bond motifs is 1. The second kappa shape index (κ2) is 10.4. The molecule has 5 heterocycles. The smallest absolute Gasteiger partial charge is 0.320 e. The van der Waals surface area contributed by atoms with Gasteiger partial charge < -0.3 is 14.5 Å². The number of ether oxygens (including phenoxy) is 1. The second-order valence-electron chi connectivity index (χ2n) is 10.4. The molecule has 2 atom stereocenters. The summed E-state index contributed by atoms with van der Waals surface area (Å²) in [4.78, 5) is 38.7. The third-order valence-corrected chi connectivity index (χ3v) is 9.58. The minimum atomic E-state index is -0.0647. The fraction of sp³-hybridized carbons (Fsp3) is 0.519. The normalized spacial score (nSPS) is 23.2. The summed E-state index contributed by atoms with van der Waals surface area (Å²) in [6.07, 6.45) is 5.56. The molecule has 0 N–H and O–H groups in total. The standard InChI is InChI=1S/C27H32ClN5O3S/c1-30(21-6-10-31(15-21)20-8-12-36-13-9-20)27(35)32-11-7-22(16-32)33-17-29-23-14-24(37-25(23)26(33)34)18-2-4-19(28)5-3-18/h2-5,14,17,20-22H,6-13,15-16H2,1H3/t21-,22-/m1/s1. The Morgan fingerprint density at radius 3 is 2.65 bits per heavy atom. The Labute approximate surface area is 225 Å². The van der Waals surface area contributed by atoms with Gasteiger partial charge in [0, 0.05) is 68.4 Å². The molecule has 3 aliphatic heterocycles. The van der Waals surface area contributed by atoms with Gasteiger partial charge in [-0.3, -0.25) is 14.3 Å². The van der Waals surface area contributed by atoms with Gasteiger partial charge in [-0.05, 0) is 49.4 Å². The molecule has 3 saturated heterocycles. The van der Waals surface area contributed by atoms with Crippen LogP contribution >= 0.6 is 22.9 Å². The SMILES string of the molecule is CN(C(=O)N1CC[C@@H](n2cnc3cc(-c4ccc(Cl)cc4)sc3c2=O)C1)[C@@H]1CCN(C2CCOCC2)C1. The van der Waals surface area contributed by atoms with Crippen molar-refractivity contribution < 1.29 is 9.53 Å². The van der Waals surface area contributed by atoms with E-state index < -0.39 is 0 Å². The summed E-state index contributed by atoms with van der Waals surface area (Å²) in [6, 6.07) is 10.4. The van der Waals surface area contributed by atoms with Crippen molar-refractivity contribution in [1.82, 2.24) is 24.3 Å². The number of benzene rings is 1. The topological polar surface area (TPSA) is 70.9 Å². The van der Waals surface area contributed by atoms with Gasteiger partial charge in [0.15, 0.2) is 0 Å². The van der Waals surface area contributed by atoms with Gasteiger partial charge >= 0.3 is 6.03 Å². The lowest BCUT2D eigenvalue weighted by Gasteiger charge is -2.33. The van der Waals surface area contributed by atoms with E-state index in [0.717, 1.165) is 62.4 Å². The van der Waals surface area contributed by atoms with E-state index in [1.165, 1.54) is 11.3 Å². The van der Waals surface area contributed by atoms with Crippen LogP contribution in [0.3, 0.4) is 0 Å². The highest BCUT2D eigenvalue weighted by molar-refractivity contribution is 7.22. The Morgan fingerprint density at radius 1 is 1.08 bits per heavy atom. The molecule has 0 bridgehead atoms. The summed E-state index contributed by atoms with van der Waals surface area (Å²) in [5.74, 6) is 0. The van der Waals surface area contributed by atoms with Crippen molar-refractivity contribution in [2.45, 2.75) is 43.8 Å².